The molecular formula is C11H7BrCl2N2. The monoisotopic (exact) mass is 316 g/mol. The van der Waals surface area contributed by atoms with Crippen molar-refractivity contribution < 1.29 is 0 Å². The molecule has 0 radical (unpaired) electrons. The van der Waals surface area contributed by atoms with E-state index in [0.717, 1.165) is 15.8 Å². The van der Waals surface area contributed by atoms with Gasteiger partial charge in [0, 0.05) is 16.4 Å². The Balaban J connectivity index is 2.24. The van der Waals surface area contributed by atoms with E-state index >= 15 is 0 Å². The molecule has 0 saturated heterocycles. The third-order valence-corrected chi connectivity index (χ3v) is 3.09. The molecule has 2 aromatic rings. The van der Waals surface area contributed by atoms with Gasteiger partial charge in [-0.1, -0.05) is 23.2 Å². The van der Waals surface area contributed by atoms with Crippen LogP contribution in [0.2, 0.25) is 10.0 Å². The van der Waals surface area contributed by atoms with Crippen LogP contribution in [0, 0.1) is 0 Å². The van der Waals surface area contributed by atoms with Crippen molar-refractivity contribution >= 4 is 50.5 Å². The van der Waals surface area contributed by atoms with Crippen molar-refractivity contribution in [3.63, 3.8) is 0 Å². The number of pyridine rings is 1. The summed E-state index contributed by atoms with van der Waals surface area (Å²) in [5.41, 5.74) is 1.75. The predicted octanol–water partition coefficient (Wildman–Crippen LogP) is 4.89. The van der Waals surface area contributed by atoms with E-state index in [1.165, 1.54) is 0 Å². The summed E-state index contributed by atoms with van der Waals surface area (Å²) in [6.45, 7) is 0. The SMILES string of the molecule is Clc1ccc(Nc2cncc(Br)c2)cc1Cl. The van der Waals surface area contributed by atoms with Gasteiger partial charge in [0.05, 0.1) is 21.9 Å². The molecule has 1 aromatic heterocycles. The molecule has 1 heterocycles. The summed E-state index contributed by atoms with van der Waals surface area (Å²) >= 11 is 15.1. The Morgan fingerprint density at radius 2 is 1.81 bits per heavy atom. The van der Waals surface area contributed by atoms with Crippen LogP contribution in [-0.2, 0) is 0 Å². The number of nitrogens with one attached hydrogen (secondary N) is 1. The highest BCUT2D eigenvalue weighted by Gasteiger charge is 2.00. The van der Waals surface area contributed by atoms with Gasteiger partial charge in [0.15, 0.2) is 0 Å². The molecule has 2 nitrogen and oxygen atoms in total. The van der Waals surface area contributed by atoms with E-state index in [2.05, 4.69) is 26.2 Å². The molecule has 0 atom stereocenters. The zero-order valence-electron chi connectivity index (χ0n) is 8.05. The first kappa shape index (κ1) is 11.7. The molecule has 0 aliphatic rings. The first-order valence-electron chi connectivity index (χ1n) is 4.48. The Kier molecular flexibility index (Phi) is 3.69. The van der Waals surface area contributed by atoms with Gasteiger partial charge in [0.1, 0.15) is 0 Å². The maximum absolute atomic E-state index is 5.91. The zero-order valence-corrected chi connectivity index (χ0v) is 11.1. The highest BCUT2D eigenvalue weighted by Crippen LogP contribution is 2.27. The first-order chi connectivity index (χ1) is 7.65. The number of rotatable bonds is 2. The van der Waals surface area contributed by atoms with E-state index in [4.69, 9.17) is 23.2 Å². The molecule has 0 fully saturated rings. The number of nitrogens with zero attached hydrogens (tertiary/aromatic N) is 1. The fraction of sp³-hybridized carbons (Fsp3) is 0. The fourth-order valence-corrected chi connectivity index (χ4v) is 1.88. The van der Waals surface area contributed by atoms with Gasteiger partial charge in [0.2, 0.25) is 0 Å². The van der Waals surface area contributed by atoms with E-state index in [1.807, 2.05) is 12.1 Å². The standard InChI is InChI=1S/C11H7BrCl2N2/c12-7-3-9(6-15-5-7)16-8-1-2-10(13)11(14)4-8/h1-6,16H. The number of benzene rings is 1. The van der Waals surface area contributed by atoms with Gasteiger partial charge in [0.25, 0.3) is 0 Å². The van der Waals surface area contributed by atoms with Crippen LogP contribution < -0.4 is 5.32 Å². The van der Waals surface area contributed by atoms with Gasteiger partial charge in [-0.25, -0.2) is 0 Å². The van der Waals surface area contributed by atoms with Crippen LogP contribution >= 0.6 is 39.1 Å². The summed E-state index contributed by atoms with van der Waals surface area (Å²) in [6.07, 6.45) is 3.45. The first-order valence-corrected chi connectivity index (χ1v) is 6.03. The van der Waals surface area contributed by atoms with Crippen molar-refractivity contribution in [2.24, 2.45) is 0 Å². The molecule has 0 aliphatic heterocycles. The molecule has 1 N–H and O–H groups in total. The quantitative estimate of drug-likeness (QED) is 0.852. The molecule has 0 amide bonds. The van der Waals surface area contributed by atoms with Gasteiger partial charge >= 0.3 is 0 Å². The summed E-state index contributed by atoms with van der Waals surface area (Å²) in [4.78, 5) is 4.05. The number of anilines is 2. The summed E-state index contributed by atoms with van der Waals surface area (Å²) < 4.78 is 0.914. The molecule has 2 rings (SSSR count). The maximum Gasteiger partial charge on any atom is 0.0612 e. The number of hydrogen-bond acceptors (Lipinski definition) is 2. The molecule has 0 unspecified atom stereocenters. The van der Waals surface area contributed by atoms with Crippen LogP contribution in [0.3, 0.4) is 0 Å². The second-order valence-electron chi connectivity index (χ2n) is 3.15. The third kappa shape index (κ3) is 2.88. The van der Waals surface area contributed by atoms with Crippen LogP contribution in [0.25, 0.3) is 0 Å². The molecule has 1 aromatic carbocycles. The van der Waals surface area contributed by atoms with E-state index in [1.54, 1.807) is 24.5 Å². The molecule has 16 heavy (non-hydrogen) atoms. The summed E-state index contributed by atoms with van der Waals surface area (Å²) in [7, 11) is 0. The Labute approximate surface area is 112 Å². The largest absolute Gasteiger partial charge is 0.354 e. The number of halogens is 3. The van der Waals surface area contributed by atoms with Gasteiger partial charge in [-0.3, -0.25) is 4.98 Å². The van der Waals surface area contributed by atoms with E-state index in [-0.39, 0.29) is 0 Å². The number of hydrogen-bond donors (Lipinski definition) is 1. The van der Waals surface area contributed by atoms with Crippen LogP contribution in [0.4, 0.5) is 11.4 Å². The molecular weight excluding hydrogens is 311 g/mol. The van der Waals surface area contributed by atoms with Gasteiger partial charge in [-0.15, -0.1) is 0 Å². The molecule has 0 spiro atoms. The minimum atomic E-state index is 0.523. The highest BCUT2D eigenvalue weighted by atomic mass is 79.9. The summed E-state index contributed by atoms with van der Waals surface area (Å²) in [5, 5.41) is 4.24. The zero-order chi connectivity index (χ0) is 11.5. The second kappa shape index (κ2) is 5.04. The van der Waals surface area contributed by atoms with Crippen molar-refractivity contribution in [3.05, 3.63) is 51.2 Å². The average Bonchev–Trinajstić information content (AvgIpc) is 2.24. The van der Waals surface area contributed by atoms with Crippen molar-refractivity contribution in [1.82, 2.24) is 4.98 Å². The molecule has 0 bridgehead atoms. The second-order valence-corrected chi connectivity index (χ2v) is 4.88. The van der Waals surface area contributed by atoms with Crippen LogP contribution in [0.1, 0.15) is 0 Å². The third-order valence-electron chi connectivity index (χ3n) is 1.91. The minimum absolute atomic E-state index is 0.523. The lowest BCUT2D eigenvalue weighted by Gasteiger charge is -2.07. The predicted molar refractivity (Wildman–Crippen MR) is 71.7 cm³/mol. The Bertz CT molecular complexity index is 517. The molecule has 5 heteroatoms. The topological polar surface area (TPSA) is 24.9 Å². The highest BCUT2D eigenvalue weighted by molar-refractivity contribution is 9.10. The lowest BCUT2D eigenvalue weighted by atomic mass is 10.3. The minimum Gasteiger partial charge on any atom is -0.354 e. The number of aromatic nitrogens is 1. The van der Waals surface area contributed by atoms with E-state index < -0.39 is 0 Å². The average molecular weight is 318 g/mol. The lowest BCUT2D eigenvalue weighted by Crippen LogP contribution is -1.90. The van der Waals surface area contributed by atoms with Crippen molar-refractivity contribution in [1.29, 1.82) is 0 Å². The smallest absolute Gasteiger partial charge is 0.0612 e. The van der Waals surface area contributed by atoms with E-state index in [0.29, 0.717) is 10.0 Å². The van der Waals surface area contributed by atoms with Crippen molar-refractivity contribution in [2.75, 3.05) is 5.32 Å². The normalized spacial score (nSPS) is 10.2. The van der Waals surface area contributed by atoms with Gasteiger partial charge in [-0.05, 0) is 40.2 Å². The Morgan fingerprint density at radius 1 is 1.00 bits per heavy atom. The molecule has 0 saturated carbocycles. The van der Waals surface area contributed by atoms with Gasteiger partial charge < -0.3 is 5.32 Å². The van der Waals surface area contributed by atoms with Crippen LogP contribution in [0.5, 0.6) is 0 Å². The van der Waals surface area contributed by atoms with Crippen LogP contribution in [0.15, 0.2) is 41.1 Å². The summed E-state index contributed by atoms with van der Waals surface area (Å²) in [6, 6.07) is 7.30. The van der Waals surface area contributed by atoms with Crippen LogP contribution in [-0.4, -0.2) is 4.98 Å². The fourth-order valence-electron chi connectivity index (χ4n) is 1.22. The van der Waals surface area contributed by atoms with Gasteiger partial charge in [-0.2, -0.15) is 0 Å². The molecule has 82 valence electrons. The van der Waals surface area contributed by atoms with E-state index in [9.17, 15) is 0 Å². The Morgan fingerprint density at radius 3 is 2.50 bits per heavy atom. The summed E-state index contributed by atoms with van der Waals surface area (Å²) in [5.74, 6) is 0. The van der Waals surface area contributed by atoms with Crippen molar-refractivity contribution in [3.8, 4) is 0 Å². The van der Waals surface area contributed by atoms with Crippen molar-refractivity contribution in [2.45, 2.75) is 0 Å². The maximum atomic E-state index is 5.91. The Hall–Kier alpha value is -0.770. The molecule has 0 aliphatic carbocycles. The lowest BCUT2D eigenvalue weighted by molar-refractivity contribution is 1.30.